The summed E-state index contributed by atoms with van der Waals surface area (Å²) in [6.07, 6.45) is 5.54. The molecule has 1 aromatic rings. The van der Waals surface area contributed by atoms with Crippen molar-refractivity contribution in [3.05, 3.63) is 35.9 Å². The molecule has 0 bridgehead atoms. The van der Waals surface area contributed by atoms with Gasteiger partial charge in [-0.15, -0.1) is 0 Å². The van der Waals surface area contributed by atoms with Gasteiger partial charge in [0.2, 0.25) is 0 Å². The van der Waals surface area contributed by atoms with Crippen molar-refractivity contribution in [3.8, 4) is 11.8 Å². The van der Waals surface area contributed by atoms with E-state index < -0.39 is 5.60 Å². The molecule has 1 aliphatic rings. The summed E-state index contributed by atoms with van der Waals surface area (Å²) < 4.78 is 0. The van der Waals surface area contributed by atoms with E-state index in [1.807, 2.05) is 30.3 Å². The van der Waals surface area contributed by atoms with E-state index in [0.717, 1.165) is 36.1 Å². The molecule has 0 amide bonds. The predicted octanol–water partition coefficient (Wildman–Crippen LogP) is 0.327. The van der Waals surface area contributed by atoms with E-state index >= 15 is 0 Å². The molecule has 4 N–H and O–H groups in total. The molecule has 2 rings (SSSR count). The van der Waals surface area contributed by atoms with Gasteiger partial charge >= 0.3 is 0 Å². The van der Waals surface area contributed by atoms with Crippen molar-refractivity contribution in [3.63, 3.8) is 0 Å². The Hall–Kier alpha value is -1.38. The van der Waals surface area contributed by atoms with Gasteiger partial charge in [0, 0.05) is 5.92 Å². The van der Waals surface area contributed by atoms with Crippen molar-refractivity contribution in [1.82, 2.24) is 0 Å². The van der Waals surface area contributed by atoms with Crippen LogP contribution in [0, 0.1) is 17.8 Å². The molecule has 0 radical (unpaired) electrons. The molecule has 24 heavy (non-hydrogen) atoms. The Labute approximate surface area is 145 Å². The van der Waals surface area contributed by atoms with Crippen LogP contribution in [0.25, 0.3) is 0 Å². The molecular weight excluding hydrogens is 302 g/mol. The number of nitrogens with one attached hydrogen (secondary N) is 1. The molecular formula is C20H30NO3+. The van der Waals surface area contributed by atoms with Crippen molar-refractivity contribution < 1.29 is 20.2 Å². The number of quaternary nitrogens is 1. The Kier molecular flexibility index (Phi) is 7.74. The van der Waals surface area contributed by atoms with Gasteiger partial charge in [-0.3, -0.25) is 0 Å². The standard InChI is InChI=1S/C20H29NO3/c22-16-14-21(15-17-23)13-7-12-20(24,18-8-3-1-4-9-18)19-10-5-2-6-11-19/h1,3-4,8-9,19,22-24H,2,5-6,10-11,13-17H2/p+1. The normalized spacial score (nSPS) is 18.0. The van der Waals surface area contributed by atoms with E-state index in [1.165, 1.54) is 6.42 Å². The van der Waals surface area contributed by atoms with E-state index in [0.29, 0.717) is 19.6 Å². The fourth-order valence-electron chi connectivity index (χ4n) is 3.54. The second-order valence-electron chi connectivity index (χ2n) is 6.64. The minimum Gasteiger partial charge on any atom is -0.391 e. The molecule has 1 fully saturated rings. The topological polar surface area (TPSA) is 65.1 Å². The van der Waals surface area contributed by atoms with Gasteiger partial charge in [-0.1, -0.05) is 55.5 Å². The lowest BCUT2D eigenvalue weighted by molar-refractivity contribution is -0.893. The van der Waals surface area contributed by atoms with Gasteiger partial charge in [-0.25, -0.2) is 0 Å². The van der Waals surface area contributed by atoms with Crippen LogP contribution in [0.4, 0.5) is 0 Å². The number of benzene rings is 1. The third kappa shape index (κ3) is 5.06. The van der Waals surface area contributed by atoms with Gasteiger partial charge < -0.3 is 20.2 Å². The zero-order chi connectivity index (χ0) is 17.3. The third-order valence-electron chi connectivity index (χ3n) is 4.96. The van der Waals surface area contributed by atoms with Crippen LogP contribution in [0.5, 0.6) is 0 Å². The maximum Gasteiger partial charge on any atom is 0.153 e. The molecule has 0 heterocycles. The number of hydrogen-bond donors (Lipinski definition) is 4. The number of rotatable bonds is 7. The van der Waals surface area contributed by atoms with E-state index in [-0.39, 0.29) is 19.1 Å². The summed E-state index contributed by atoms with van der Waals surface area (Å²) in [6, 6.07) is 9.75. The Morgan fingerprint density at radius 3 is 2.21 bits per heavy atom. The van der Waals surface area contributed by atoms with Crippen LogP contribution in [-0.2, 0) is 5.60 Å². The van der Waals surface area contributed by atoms with E-state index in [4.69, 9.17) is 10.2 Å². The summed E-state index contributed by atoms with van der Waals surface area (Å²) in [4.78, 5) is 1.03. The highest BCUT2D eigenvalue weighted by Gasteiger charge is 2.37. The molecule has 4 heteroatoms. The molecule has 0 aliphatic heterocycles. The van der Waals surface area contributed by atoms with Crippen molar-refractivity contribution in [2.45, 2.75) is 37.7 Å². The SMILES string of the molecule is OCC[NH+](CC#CC(O)(c1ccccc1)C1CCCCC1)CCO. The van der Waals surface area contributed by atoms with Gasteiger partial charge in [0.25, 0.3) is 0 Å². The Morgan fingerprint density at radius 1 is 1.00 bits per heavy atom. The molecule has 1 unspecified atom stereocenters. The zero-order valence-electron chi connectivity index (χ0n) is 14.4. The highest BCUT2D eigenvalue weighted by Crippen LogP contribution is 2.38. The van der Waals surface area contributed by atoms with Crippen LogP contribution in [0.15, 0.2) is 30.3 Å². The maximum atomic E-state index is 11.4. The van der Waals surface area contributed by atoms with Gasteiger partial charge in [0.15, 0.2) is 5.60 Å². The molecule has 0 spiro atoms. The first-order valence-electron chi connectivity index (χ1n) is 9.04. The van der Waals surface area contributed by atoms with Crippen molar-refractivity contribution in [1.29, 1.82) is 0 Å². The number of aliphatic hydroxyl groups excluding tert-OH is 2. The van der Waals surface area contributed by atoms with E-state index in [9.17, 15) is 5.11 Å². The molecule has 0 aromatic heterocycles. The first kappa shape index (κ1) is 19.0. The van der Waals surface area contributed by atoms with Crippen LogP contribution < -0.4 is 4.90 Å². The van der Waals surface area contributed by atoms with Gasteiger partial charge in [-0.05, 0) is 24.3 Å². The van der Waals surface area contributed by atoms with Crippen molar-refractivity contribution >= 4 is 0 Å². The molecule has 132 valence electrons. The lowest BCUT2D eigenvalue weighted by Gasteiger charge is -2.35. The quantitative estimate of drug-likeness (QED) is 0.544. The van der Waals surface area contributed by atoms with Crippen LogP contribution in [-0.4, -0.2) is 48.2 Å². The summed E-state index contributed by atoms with van der Waals surface area (Å²) in [5.41, 5.74) is -0.235. The van der Waals surface area contributed by atoms with Gasteiger partial charge in [0.05, 0.1) is 13.2 Å². The minimum absolute atomic E-state index is 0.0720. The van der Waals surface area contributed by atoms with Crippen LogP contribution in [0.1, 0.15) is 37.7 Å². The number of aliphatic hydroxyl groups is 3. The maximum absolute atomic E-state index is 11.4. The zero-order valence-corrected chi connectivity index (χ0v) is 14.4. The second kappa shape index (κ2) is 9.80. The Bertz CT molecular complexity index is 525. The molecule has 0 saturated heterocycles. The van der Waals surface area contributed by atoms with Gasteiger partial charge in [0.1, 0.15) is 19.6 Å². The fraction of sp³-hybridized carbons (Fsp3) is 0.600. The molecule has 1 atom stereocenters. The summed E-state index contributed by atoms with van der Waals surface area (Å²) in [5.74, 6) is 6.45. The molecule has 4 nitrogen and oxygen atoms in total. The lowest BCUT2D eigenvalue weighted by Crippen LogP contribution is -3.12. The smallest absolute Gasteiger partial charge is 0.153 e. The largest absolute Gasteiger partial charge is 0.391 e. The summed E-state index contributed by atoms with van der Waals surface area (Å²) >= 11 is 0. The third-order valence-corrected chi connectivity index (χ3v) is 4.96. The average Bonchev–Trinajstić information content (AvgIpc) is 2.63. The fourth-order valence-corrected chi connectivity index (χ4v) is 3.54. The summed E-state index contributed by atoms with van der Waals surface area (Å²) in [5, 5.41) is 29.6. The van der Waals surface area contributed by atoms with E-state index in [2.05, 4.69) is 11.8 Å². The average molecular weight is 332 g/mol. The van der Waals surface area contributed by atoms with Crippen molar-refractivity contribution in [2.24, 2.45) is 5.92 Å². The monoisotopic (exact) mass is 332 g/mol. The Balaban J connectivity index is 2.19. The first-order chi connectivity index (χ1) is 11.7. The van der Waals surface area contributed by atoms with Crippen molar-refractivity contribution in [2.75, 3.05) is 32.8 Å². The Morgan fingerprint density at radius 2 is 1.62 bits per heavy atom. The summed E-state index contributed by atoms with van der Waals surface area (Å²) in [6.45, 7) is 1.78. The lowest BCUT2D eigenvalue weighted by atomic mass is 9.73. The second-order valence-corrected chi connectivity index (χ2v) is 6.64. The molecule has 1 aliphatic carbocycles. The van der Waals surface area contributed by atoms with E-state index in [1.54, 1.807) is 0 Å². The highest BCUT2D eigenvalue weighted by molar-refractivity contribution is 5.33. The number of hydrogen-bond acceptors (Lipinski definition) is 3. The molecule has 1 saturated carbocycles. The van der Waals surface area contributed by atoms with Crippen LogP contribution in [0.2, 0.25) is 0 Å². The highest BCUT2D eigenvalue weighted by atomic mass is 16.3. The van der Waals surface area contributed by atoms with Crippen LogP contribution >= 0.6 is 0 Å². The summed E-state index contributed by atoms with van der Waals surface area (Å²) in [7, 11) is 0. The minimum atomic E-state index is -1.11. The van der Waals surface area contributed by atoms with Gasteiger partial charge in [-0.2, -0.15) is 0 Å². The predicted molar refractivity (Wildman–Crippen MR) is 94.4 cm³/mol. The van der Waals surface area contributed by atoms with Crippen LogP contribution in [0.3, 0.4) is 0 Å². The first-order valence-corrected chi connectivity index (χ1v) is 9.04. The molecule has 1 aromatic carbocycles.